The summed E-state index contributed by atoms with van der Waals surface area (Å²) in [7, 11) is 4.05. The molecule has 3 unspecified atom stereocenters. The Kier molecular flexibility index (Phi) is 5.10. The minimum atomic E-state index is -0.311. The highest BCUT2D eigenvalue weighted by Crippen LogP contribution is 2.29. The smallest absolute Gasteiger partial charge is 0.123 e. The van der Waals surface area contributed by atoms with Gasteiger partial charge in [-0.1, -0.05) is 12.1 Å². The van der Waals surface area contributed by atoms with Crippen LogP contribution < -0.4 is 5.73 Å². The monoisotopic (exact) mass is 281 g/mol. The summed E-state index contributed by atoms with van der Waals surface area (Å²) in [5.41, 5.74) is 6.94. The van der Waals surface area contributed by atoms with E-state index in [1.54, 1.807) is 12.1 Å². The molecule has 1 saturated heterocycles. The van der Waals surface area contributed by atoms with Gasteiger partial charge in [-0.3, -0.25) is 4.90 Å². The summed E-state index contributed by atoms with van der Waals surface area (Å²) in [6, 6.07) is 6.79. The molecule has 1 aliphatic heterocycles. The fraction of sp³-hybridized carbons (Fsp3) is 0.600. The Balaban J connectivity index is 2.18. The van der Waals surface area contributed by atoms with Crippen LogP contribution in [-0.2, 0) is 0 Å². The van der Waals surface area contributed by atoms with E-state index < -0.39 is 0 Å². The van der Waals surface area contributed by atoms with Gasteiger partial charge in [0.25, 0.3) is 0 Å². The first-order valence-corrected chi connectivity index (χ1v) is 7.05. The molecule has 1 fully saturated rings. The molecule has 0 radical (unpaired) electrons. The number of hydrogen-bond acceptors (Lipinski definition) is 4. The van der Waals surface area contributed by atoms with Crippen molar-refractivity contribution in [3.63, 3.8) is 0 Å². The number of nitrogens with zero attached hydrogens (tertiary/aromatic N) is 2. The van der Waals surface area contributed by atoms with Crippen molar-refractivity contribution in [3.05, 3.63) is 35.6 Å². The Bertz CT molecular complexity index is 424. The summed E-state index contributed by atoms with van der Waals surface area (Å²) in [4.78, 5) is 4.37. The minimum absolute atomic E-state index is 0.0256. The van der Waals surface area contributed by atoms with E-state index in [1.165, 1.54) is 12.1 Å². The van der Waals surface area contributed by atoms with Crippen LogP contribution in [0.25, 0.3) is 0 Å². The van der Waals surface area contributed by atoms with E-state index in [-0.39, 0.29) is 24.0 Å². The third kappa shape index (κ3) is 3.55. The average molecular weight is 281 g/mol. The van der Waals surface area contributed by atoms with E-state index in [1.807, 2.05) is 14.1 Å². The highest BCUT2D eigenvalue weighted by atomic mass is 19.1. The molecule has 3 atom stereocenters. The third-order valence-corrected chi connectivity index (χ3v) is 3.89. The van der Waals surface area contributed by atoms with E-state index in [0.29, 0.717) is 13.1 Å². The molecule has 0 bridgehead atoms. The zero-order valence-electron chi connectivity index (χ0n) is 12.2. The Hall–Kier alpha value is -1.01. The first kappa shape index (κ1) is 15.4. The van der Waals surface area contributed by atoms with Crippen molar-refractivity contribution in [2.24, 2.45) is 5.73 Å². The quantitative estimate of drug-likeness (QED) is 0.839. The van der Waals surface area contributed by atoms with Crippen molar-refractivity contribution in [3.8, 4) is 0 Å². The van der Waals surface area contributed by atoms with Crippen LogP contribution in [0, 0.1) is 5.82 Å². The molecule has 20 heavy (non-hydrogen) atoms. The minimum Gasteiger partial charge on any atom is -0.392 e. The second kappa shape index (κ2) is 6.63. The Morgan fingerprint density at radius 1 is 1.40 bits per heavy atom. The SMILES string of the molecule is CN(C)CC1CC(O)CN1C(CN)c1ccc(F)cc1. The predicted molar refractivity (Wildman–Crippen MR) is 77.9 cm³/mol. The number of rotatable bonds is 5. The third-order valence-electron chi connectivity index (χ3n) is 3.89. The molecular weight excluding hydrogens is 257 g/mol. The molecule has 1 aromatic rings. The number of hydrogen-bond donors (Lipinski definition) is 2. The van der Waals surface area contributed by atoms with Gasteiger partial charge in [-0.2, -0.15) is 0 Å². The normalized spacial score (nSPS) is 25.3. The number of likely N-dealkylation sites (tertiary alicyclic amines) is 1. The van der Waals surface area contributed by atoms with Crippen molar-refractivity contribution in [1.29, 1.82) is 0 Å². The zero-order chi connectivity index (χ0) is 14.7. The predicted octanol–water partition coefficient (Wildman–Crippen LogP) is 0.822. The molecule has 0 aromatic heterocycles. The van der Waals surface area contributed by atoms with Crippen LogP contribution in [0.5, 0.6) is 0 Å². The summed E-state index contributed by atoms with van der Waals surface area (Å²) in [5, 5.41) is 9.96. The second-order valence-electron chi connectivity index (χ2n) is 5.81. The summed E-state index contributed by atoms with van der Waals surface area (Å²) in [6.45, 7) is 1.97. The first-order valence-electron chi connectivity index (χ1n) is 7.05. The molecule has 5 heteroatoms. The molecule has 0 saturated carbocycles. The summed E-state index contributed by atoms with van der Waals surface area (Å²) < 4.78 is 13.1. The maximum absolute atomic E-state index is 13.1. The van der Waals surface area contributed by atoms with Crippen LogP contribution in [0.2, 0.25) is 0 Å². The van der Waals surface area contributed by atoms with Crippen molar-refractivity contribution >= 4 is 0 Å². The second-order valence-corrected chi connectivity index (χ2v) is 5.81. The molecule has 3 N–H and O–H groups in total. The fourth-order valence-corrected chi connectivity index (χ4v) is 3.05. The molecule has 1 aromatic carbocycles. The lowest BCUT2D eigenvalue weighted by molar-refractivity contribution is 0.139. The molecule has 0 amide bonds. The zero-order valence-corrected chi connectivity index (χ0v) is 12.2. The van der Waals surface area contributed by atoms with E-state index in [2.05, 4.69) is 9.80 Å². The number of likely N-dealkylation sites (N-methyl/N-ethyl adjacent to an activating group) is 1. The van der Waals surface area contributed by atoms with Crippen molar-refractivity contribution in [2.75, 3.05) is 33.7 Å². The molecule has 4 nitrogen and oxygen atoms in total. The maximum atomic E-state index is 13.1. The summed E-state index contributed by atoms with van der Waals surface area (Å²) in [6.07, 6.45) is 0.449. The van der Waals surface area contributed by atoms with Crippen molar-refractivity contribution in [2.45, 2.75) is 24.6 Å². The average Bonchev–Trinajstić information content (AvgIpc) is 2.73. The van der Waals surface area contributed by atoms with Gasteiger partial charge in [0.15, 0.2) is 0 Å². The van der Waals surface area contributed by atoms with E-state index in [9.17, 15) is 9.50 Å². The summed E-state index contributed by atoms with van der Waals surface area (Å²) >= 11 is 0. The molecule has 0 spiro atoms. The number of β-amino-alcohol motifs (C(OH)–C–C–N with tert-alkyl or cyclic N) is 1. The Morgan fingerprint density at radius 2 is 2.05 bits per heavy atom. The summed E-state index contributed by atoms with van der Waals surface area (Å²) in [5.74, 6) is -0.240. The van der Waals surface area contributed by atoms with Crippen molar-refractivity contribution in [1.82, 2.24) is 9.80 Å². The van der Waals surface area contributed by atoms with Gasteiger partial charge in [0.2, 0.25) is 0 Å². The van der Waals surface area contributed by atoms with Gasteiger partial charge in [0.05, 0.1) is 6.10 Å². The van der Waals surface area contributed by atoms with Crippen molar-refractivity contribution < 1.29 is 9.50 Å². The van der Waals surface area contributed by atoms with Crippen LogP contribution in [0.1, 0.15) is 18.0 Å². The number of aliphatic hydroxyl groups excluding tert-OH is 1. The molecule has 1 heterocycles. The lowest BCUT2D eigenvalue weighted by Gasteiger charge is -2.33. The van der Waals surface area contributed by atoms with Gasteiger partial charge in [-0.05, 0) is 38.2 Å². The van der Waals surface area contributed by atoms with E-state index in [4.69, 9.17) is 5.73 Å². The van der Waals surface area contributed by atoms with E-state index in [0.717, 1.165) is 18.5 Å². The fourth-order valence-electron chi connectivity index (χ4n) is 3.05. The largest absolute Gasteiger partial charge is 0.392 e. The molecule has 1 aliphatic rings. The lowest BCUT2D eigenvalue weighted by atomic mass is 10.0. The van der Waals surface area contributed by atoms with Gasteiger partial charge in [-0.15, -0.1) is 0 Å². The molecule has 2 rings (SSSR count). The van der Waals surface area contributed by atoms with Gasteiger partial charge in [0, 0.05) is 31.7 Å². The number of halogens is 1. The highest BCUT2D eigenvalue weighted by Gasteiger charge is 2.35. The van der Waals surface area contributed by atoms with Gasteiger partial charge in [-0.25, -0.2) is 4.39 Å². The van der Waals surface area contributed by atoms with Gasteiger partial charge < -0.3 is 15.7 Å². The Morgan fingerprint density at radius 3 is 2.60 bits per heavy atom. The Labute approximate surface area is 120 Å². The lowest BCUT2D eigenvalue weighted by Crippen LogP contribution is -2.42. The first-order chi connectivity index (χ1) is 9.51. The van der Waals surface area contributed by atoms with Gasteiger partial charge >= 0.3 is 0 Å². The van der Waals surface area contributed by atoms with Crippen LogP contribution >= 0.6 is 0 Å². The molecular formula is C15H24FN3O. The topological polar surface area (TPSA) is 52.7 Å². The van der Waals surface area contributed by atoms with Crippen LogP contribution in [0.3, 0.4) is 0 Å². The van der Waals surface area contributed by atoms with Crippen LogP contribution in [-0.4, -0.2) is 60.8 Å². The van der Waals surface area contributed by atoms with Crippen LogP contribution in [0.4, 0.5) is 4.39 Å². The van der Waals surface area contributed by atoms with Crippen LogP contribution in [0.15, 0.2) is 24.3 Å². The standard InChI is InChI=1S/C15H24FN3O/c1-18(2)9-13-7-14(20)10-19(13)15(8-17)11-3-5-12(16)6-4-11/h3-6,13-15,20H,7-10,17H2,1-2H3. The van der Waals surface area contributed by atoms with Gasteiger partial charge in [0.1, 0.15) is 5.82 Å². The highest BCUT2D eigenvalue weighted by molar-refractivity contribution is 5.21. The number of benzene rings is 1. The van der Waals surface area contributed by atoms with E-state index >= 15 is 0 Å². The number of nitrogens with two attached hydrogens (primary N) is 1. The molecule has 0 aliphatic carbocycles. The maximum Gasteiger partial charge on any atom is 0.123 e. The molecule has 112 valence electrons. The number of aliphatic hydroxyl groups is 1.